The molecule has 1 aromatic rings. The lowest BCUT2D eigenvalue weighted by atomic mass is 10.1. The second-order valence-corrected chi connectivity index (χ2v) is 5.77. The molecule has 0 bridgehead atoms. The van der Waals surface area contributed by atoms with Gasteiger partial charge in [-0.25, -0.2) is 4.99 Å². The molecule has 3 rings (SSSR count). The third-order valence-corrected chi connectivity index (χ3v) is 3.91. The smallest absolute Gasteiger partial charge is 0.406 e. The van der Waals surface area contributed by atoms with E-state index in [1.54, 1.807) is 0 Å². The third-order valence-electron chi connectivity index (χ3n) is 3.91. The van der Waals surface area contributed by atoms with Crippen LogP contribution in [0.2, 0.25) is 0 Å². The normalized spacial score (nSPS) is 18.0. The molecule has 2 aliphatic rings. The largest absolute Gasteiger partial charge is 0.573 e. The first-order chi connectivity index (χ1) is 11.6. The Bertz CT molecular complexity index is 684. The zero-order chi connectivity index (χ0) is 18.2. The van der Waals surface area contributed by atoms with Crippen LogP contribution in [0.25, 0.3) is 0 Å². The van der Waals surface area contributed by atoms with Crippen LogP contribution in [0, 0.1) is 0 Å². The molecule has 2 aliphatic heterocycles. The van der Waals surface area contributed by atoms with Gasteiger partial charge in [-0.2, -0.15) is 0 Å². The van der Waals surface area contributed by atoms with E-state index in [9.17, 15) is 26.3 Å². The van der Waals surface area contributed by atoms with Gasteiger partial charge in [0.05, 0.1) is 5.69 Å². The molecule has 0 N–H and O–H groups in total. The van der Waals surface area contributed by atoms with Crippen molar-refractivity contribution in [3.63, 3.8) is 0 Å². The van der Waals surface area contributed by atoms with Gasteiger partial charge in [-0.3, -0.25) is 0 Å². The minimum absolute atomic E-state index is 0.00847. The highest BCUT2D eigenvalue weighted by Crippen LogP contribution is 2.42. The molecule has 1 aromatic carbocycles. The fourth-order valence-electron chi connectivity index (χ4n) is 2.95. The molecule has 10 heteroatoms. The lowest BCUT2D eigenvalue weighted by Crippen LogP contribution is -2.33. The van der Waals surface area contributed by atoms with E-state index in [-0.39, 0.29) is 17.8 Å². The maximum atomic E-state index is 12.6. The van der Waals surface area contributed by atoms with Crippen LogP contribution in [0.4, 0.5) is 32.0 Å². The molecule has 0 unspecified atom stereocenters. The Hall–Kier alpha value is -2.13. The monoisotopic (exact) mass is 368 g/mol. The molecule has 4 nitrogen and oxygen atoms in total. The van der Waals surface area contributed by atoms with Crippen molar-refractivity contribution in [1.82, 2.24) is 4.90 Å². The van der Waals surface area contributed by atoms with Crippen molar-refractivity contribution in [3.8, 4) is 11.5 Å². The van der Waals surface area contributed by atoms with Crippen molar-refractivity contribution >= 4 is 11.5 Å². The summed E-state index contributed by atoms with van der Waals surface area (Å²) in [5.41, 5.74) is 0.103. The number of halogens is 6. The Morgan fingerprint density at radius 3 is 2.32 bits per heavy atom. The standard InChI is InChI=1S/C15H14F6N2O2/c16-14(17,18)24-9-6-11-10(12(7-9)25-15(19,20)21)8-23-5-3-1-2-4-13(23)22-11/h6-7H,1-5,8H2. The van der Waals surface area contributed by atoms with Crippen molar-refractivity contribution in [2.45, 2.75) is 45.0 Å². The number of hydrogen-bond donors (Lipinski definition) is 0. The molecule has 0 radical (unpaired) electrons. The minimum atomic E-state index is -5.03. The van der Waals surface area contributed by atoms with Crippen molar-refractivity contribution < 1.29 is 35.8 Å². The Balaban J connectivity index is 2.03. The summed E-state index contributed by atoms with van der Waals surface area (Å²) in [6.45, 7) is 0.733. The van der Waals surface area contributed by atoms with Crippen LogP contribution in [0.3, 0.4) is 0 Å². The molecule has 0 aliphatic carbocycles. The zero-order valence-electron chi connectivity index (χ0n) is 12.9. The molecule has 138 valence electrons. The molecule has 1 fully saturated rings. The lowest BCUT2D eigenvalue weighted by molar-refractivity contribution is -0.276. The van der Waals surface area contributed by atoms with Gasteiger partial charge >= 0.3 is 12.7 Å². The maximum absolute atomic E-state index is 12.6. The molecule has 0 atom stereocenters. The molecule has 25 heavy (non-hydrogen) atoms. The van der Waals surface area contributed by atoms with E-state index in [1.165, 1.54) is 0 Å². The van der Waals surface area contributed by atoms with Crippen molar-refractivity contribution in [2.75, 3.05) is 6.54 Å². The predicted molar refractivity (Wildman–Crippen MR) is 75.8 cm³/mol. The number of ether oxygens (including phenoxy) is 2. The second-order valence-electron chi connectivity index (χ2n) is 5.77. The summed E-state index contributed by atoms with van der Waals surface area (Å²) < 4.78 is 82.9. The summed E-state index contributed by atoms with van der Waals surface area (Å²) in [6, 6.07) is 1.58. The van der Waals surface area contributed by atoms with E-state index in [2.05, 4.69) is 14.5 Å². The van der Waals surface area contributed by atoms with Gasteiger partial charge in [-0.15, -0.1) is 26.3 Å². The summed E-state index contributed by atoms with van der Waals surface area (Å²) >= 11 is 0. The molecule has 1 saturated heterocycles. The number of hydrogen-bond acceptors (Lipinski definition) is 4. The molecule has 0 saturated carbocycles. The van der Waals surface area contributed by atoms with Crippen LogP contribution < -0.4 is 9.47 Å². The van der Waals surface area contributed by atoms with Gasteiger partial charge in [-0.05, 0) is 12.8 Å². The fourth-order valence-corrected chi connectivity index (χ4v) is 2.95. The van der Waals surface area contributed by atoms with Crippen LogP contribution >= 0.6 is 0 Å². The van der Waals surface area contributed by atoms with Gasteiger partial charge in [0, 0.05) is 37.2 Å². The van der Waals surface area contributed by atoms with Crippen LogP contribution in [0.1, 0.15) is 31.2 Å². The summed E-state index contributed by atoms with van der Waals surface area (Å²) in [6.07, 6.45) is -6.73. The van der Waals surface area contributed by atoms with Crippen molar-refractivity contribution in [1.29, 1.82) is 0 Å². The molecule has 0 aromatic heterocycles. The first-order valence-corrected chi connectivity index (χ1v) is 7.62. The van der Waals surface area contributed by atoms with Gasteiger partial charge in [0.25, 0.3) is 0 Å². The molecule has 0 amide bonds. The van der Waals surface area contributed by atoms with Crippen LogP contribution in [-0.2, 0) is 6.54 Å². The van der Waals surface area contributed by atoms with Crippen molar-refractivity contribution in [2.24, 2.45) is 4.99 Å². The van der Waals surface area contributed by atoms with Gasteiger partial charge in [-0.1, -0.05) is 6.42 Å². The Labute approximate surface area is 139 Å². The van der Waals surface area contributed by atoms with Gasteiger partial charge < -0.3 is 14.4 Å². The summed E-state index contributed by atoms with van der Waals surface area (Å²) in [5, 5.41) is 0. The quantitative estimate of drug-likeness (QED) is 0.696. The van der Waals surface area contributed by atoms with Gasteiger partial charge in [0.1, 0.15) is 17.3 Å². The highest BCUT2D eigenvalue weighted by Gasteiger charge is 2.36. The van der Waals surface area contributed by atoms with Gasteiger partial charge in [0.2, 0.25) is 0 Å². The summed E-state index contributed by atoms with van der Waals surface area (Å²) in [5.74, 6) is -0.861. The Morgan fingerprint density at radius 1 is 0.920 bits per heavy atom. The highest BCUT2D eigenvalue weighted by atomic mass is 19.4. The first kappa shape index (κ1) is 17.7. The van der Waals surface area contributed by atoms with E-state index < -0.39 is 24.2 Å². The summed E-state index contributed by atoms with van der Waals surface area (Å²) in [7, 11) is 0. The van der Waals surface area contributed by atoms with E-state index in [0.29, 0.717) is 24.9 Å². The van der Waals surface area contributed by atoms with Crippen LogP contribution in [0.5, 0.6) is 11.5 Å². The van der Waals surface area contributed by atoms with Gasteiger partial charge in [0.15, 0.2) is 0 Å². The fraction of sp³-hybridized carbons (Fsp3) is 0.533. The molecule has 0 spiro atoms. The Kier molecular flexibility index (Phi) is 4.46. The van der Waals surface area contributed by atoms with Crippen LogP contribution in [-0.4, -0.2) is 30.0 Å². The van der Waals surface area contributed by atoms with Crippen LogP contribution in [0.15, 0.2) is 17.1 Å². The number of fused-ring (bicyclic) bond motifs is 2. The van der Waals surface area contributed by atoms with E-state index >= 15 is 0 Å². The number of rotatable bonds is 2. The van der Waals surface area contributed by atoms with Crippen molar-refractivity contribution in [3.05, 3.63) is 17.7 Å². The van der Waals surface area contributed by atoms with E-state index in [1.807, 2.05) is 4.90 Å². The third kappa shape index (κ3) is 4.49. The average Bonchev–Trinajstić information content (AvgIpc) is 2.66. The number of benzene rings is 1. The minimum Gasteiger partial charge on any atom is -0.406 e. The van der Waals surface area contributed by atoms with E-state index in [4.69, 9.17) is 0 Å². The predicted octanol–water partition coefficient (Wildman–Crippen LogP) is 4.90. The van der Waals surface area contributed by atoms with E-state index in [0.717, 1.165) is 25.3 Å². The summed E-state index contributed by atoms with van der Waals surface area (Å²) in [4.78, 5) is 6.09. The zero-order valence-corrected chi connectivity index (χ0v) is 12.9. The topological polar surface area (TPSA) is 34.1 Å². The number of alkyl halides is 6. The average molecular weight is 368 g/mol. The highest BCUT2D eigenvalue weighted by molar-refractivity contribution is 5.88. The lowest BCUT2D eigenvalue weighted by Gasteiger charge is -2.30. The number of nitrogens with zero attached hydrogens (tertiary/aromatic N) is 2. The second kappa shape index (κ2) is 6.30. The molecular weight excluding hydrogens is 354 g/mol. The SMILES string of the molecule is FC(F)(F)Oc1cc2c(c(OC(F)(F)F)c1)CN1CCCCCC1=N2. The maximum Gasteiger partial charge on any atom is 0.573 e. The Morgan fingerprint density at radius 2 is 1.64 bits per heavy atom. The molecular formula is C15H14F6N2O2. The number of amidine groups is 1. The number of aliphatic imine (C=N–C) groups is 1. The molecule has 2 heterocycles. The first-order valence-electron chi connectivity index (χ1n) is 7.62.